The minimum absolute atomic E-state index is 0.0506. The molecule has 5 atom stereocenters. The first kappa shape index (κ1) is 117. The van der Waals surface area contributed by atoms with Crippen molar-refractivity contribution in [2.24, 2.45) is 43.6 Å². The molecule has 3 aromatic heterocycles. The third kappa shape index (κ3) is 36.6. The number of carbonyl (C=O) groups is 3. The van der Waals surface area contributed by atoms with Crippen molar-refractivity contribution >= 4 is 53.4 Å². The van der Waals surface area contributed by atoms with Crippen molar-refractivity contribution in [2.75, 3.05) is 155 Å². The number of aromatic amines is 2. The zero-order chi connectivity index (χ0) is 108. The zero-order valence-corrected chi connectivity index (χ0v) is 93.2. The number of allylic oxidation sites excluding steroid dienone is 2. The van der Waals surface area contributed by atoms with Crippen LogP contribution in [-0.2, 0) is 67.2 Å². The number of nitrogens with two attached hydrogens (primary N) is 1. The zero-order valence-electron chi connectivity index (χ0n) is 93.2. The number of methoxy groups -OCH3 is 1. The molecule has 28 heteroatoms. The van der Waals surface area contributed by atoms with Gasteiger partial charge in [-0.3, -0.25) is 24.4 Å². The van der Waals surface area contributed by atoms with E-state index in [4.69, 9.17) is 58.8 Å². The van der Waals surface area contributed by atoms with E-state index >= 15 is 0 Å². The predicted octanol–water partition coefficient (Wildman–Crippen LogP) is 20.7. The van der Waals surface area contributed by atoms with Gasteiger partial charge in [-0.1, -0.05) is 273 Å². The summed E-state index contributed by atoms with van der Waals surface area (Å²) in [5, 5.41) is 6.32. The number of amides is 3. The second-order valence-electron chi connectivity index (χ2n) is 47.3. The van der Waals surface area contributed by atoms with Crippen LogP contribution in [0, 0.1) is 37.9 Å². The van der Waals surface area contributed by atoms with Crippen LogP contribution in [0.1, 0.15) is 217 Å². The molecule has 6 N–H and O–H groups in total. The minimum Gasteiger partial charge on any atom is -0.497 e. The molecule has 3 unspecified atom stereocenters. The number of nitrogens with one attached hydrogen (secondary N) is 4. The highest BCUT2D eigenvalue weighted by atomic mass is 16.6. The number of primary amides is 1. The summed E-state index contributed by atoms with van der Waals surface area (Å²) in [7, 11) is 1.67. The van der Waals surface area contributed by atoms with E-state index in [1.807, 2.05) is 115 Å². The average Bonchev–Trinajstić information content (AvgIpc) is 1.56. The first-order valence-electron chi connectivity index (χ1n) is 53.7. The Morgan fingerprint density at radius 2 is 0.805 bits per heavy atom. The van der Waals surface area contributed by atoms with Gasteiger partial charge in [0.05, 0.1) is 46.8 Å². The second kappa shape index (κ2) is 53.5. The van der Waals surface area contributed by atoms with E-state index in [9.17, 15) is 24.0 Å². The molecule has 9 aromatic rings. The van der Waals surface area contributed by atoms with Gasteiger partial charge >= 0.3 is 12.2 Å². The molecule has 8 fully saturated rings. The largest absolute Gasteiger partial charge is 0.497 e. The summed E-state index contributed by atoms with van der Waals surface area (Å²) in [6.45, 7) is 64.3. The fourth-order valence-corrected chi connectivity index (χ4v) is 19.9. The highest BCUT2D eigenvalue weighted by Gasteiger charge is 2.47. The van der Waals surface area contributed by atoms with Gasteiger partial charge in [-0.05, 0) is 202 Å². The van der Waals surface area contributed by atoms with Gasteiger partial charge < -0.3 is 83.8 Å². The third-order valence-corrected chi connectivity index (χ3v) is 29.8. The molecule has 17 rings (SSSR count). The van der Waals surface area contributed by atoms with Crippen molar-refractivity contribution in [1.29, 1.82) is 0 Å². The lowest BCUT2D eigenvalue weighted by molar-refractivity contribution is -0.119. The van der Waals surface area contributed by atoms with Crippen LogP contribution >= 0.6 is 0 Å². The molecule has 8 aliphatic heterocycles. The Kier molecular flexibility index (Phi) is 42.1. The number of aromatic nitrogens is 6. The molecule has 6 aromatic carbocycles. The van der Waals surface area contributed by atoms with Gasteiger partial charge in [0.15, 0.2) is 0 Å². The van der Waals surface area contributed by atoms with Crippen molar-refractivity contribution in [3.63, 3.8) is 0 Å². The van der Waals surface area contributed by atoms with Crippen LogP contribution in [0.25, 0.3) is 0 Å². The van der Waals surface area contributed by atoms with E-state index in [2.05, 4.69) is 280 Å². The maximum atomic E-state index is 12.5. The van der Waals surface area contributed by atoms with Gasteiger partial charge in [-0.2, -0.15) is 19.9 Å². The molecule has 8 aliphatic rings. The van der Waals surface area contributed by atoms with Crippen molar-refractivity contribution in [2.45, 2.75) is 264 Å². The van der Waals surface area contributed by atoms with Gasteiger partial charge in [0, 0.05) is 127 Å². The fourth-order valence-electron chi connectivity index (χ4n) is 19.9. The molecule has 0 radical (unpaired) electrons. The number of carbonyl (C=O) groups excluding carboxylic acids is 3. The molecule has 0 bridgehead atoms. The summed E-state index contributed by atoms with van der Waals surface area (Å²) in [6, 6.07) is 67.8. The number of benzene rings is 6. The first-order chi connectivity index (χ1) is 70.6. The highest BCUT2D eigenvalue weighted by Crippen LogP contribution is 2.45. The Balaban J connectivity index is 0.000000171. The van der Waals surface area contributed by atoms with Crippen molar-refractivity contribution in [3.05, 3.63) is 274 Å². The monoisotopic (exact) mass is 2040 g/mol. The van der Waals surface area contributed by atoms with Gasteiger partial charge in [0.2, 0.25) is 29.6 Å². The normalized spacial score (nSPS) is 20.0. The first-order valence-corrected chi connectivity index (χ1v) is 53.7. The van der Waals surface area contributed by atoms with Crippen molar-refractivity contribution in [1.82, 2.24) is 45.4 Å². The lowest BCUT2D eigenvalue weighted by Gasteiger charge is -2.34. The number of morpholine rings is 3. The van der Waals surface area contributed by atoms with Crippen LogP contribution in [0.3, 0.4) is 0 Å². The third-order valence-electron chi connectivity index (χ3n) is 29.8. The maximum absolute atomic E-state index is 12.5. The van der Waals surface area contributed by atoms with Crippen molar-refractivity contribution in [3.8, 4) is 11.6 Å². The SMILES string of the molecule is C=CC(C)(C)CC(N)=O.C=CC(C)(C)CCNC(=O)OC(C)(C)C.CC(C)(C)OC(=O)N1CCC(C)(C)C1Cc1ccccc1.CC1(C)CCN(c2nc(N3CCOCC3)cc(=O)[nH]2)[C@@H]1Cc1ccccc1.CC1(C)CCN(c2nc(N3CCOCC3)cc(=O)[nH]2)[C@H]1Cc1ccccc1.CC1(C)CCNC1Cc1ccccc1.COc1ccc(COc2cc(N3CCOCC3)nc(N3CCC(C)(C)C3Cc3ccccc3)n2)cc1. The molecule has 3 amide bonds. The smallest absolute Gasteiger partial charge is 0.410 e. The predicted molar refractivity (Wildman–Crippen MR) is 603 cm³/mol. The Morgan fingerprint density at radius 3 is 1.17 bits per heavy atom. The Morgan fingerprint density at radius 1 is 0.436 bits per heavy atom. The van der Waals surface area contributed by atoms with E-state index < -0.39 is 11.2 Å². The summed E-state index contributed by atoms with van der Waals surface area (Å²) in [5.41, 5.74) is 12.6. The molecule has 28 nitrogen and oxygen atoms in total. The molecule has 810 valence electrons. The number of likely N-dealkylation sites (tertiary alicyclic amines) is 1. The summed E-state index contributed by atoms with van der Waals surface area (Å²) in [6.07, 6.45) is 14.8. The number of hydrogen-bond acceptors (Lipinski definition) is 23. The lowest BCUT2D eigenvalue weighted by atomic mass is 9.81. The van der Waals surface area contributed by atoms with Gasteiger partial charge in [0.25, 0.3) is 11.1 Å². The summed E-state index contributed by atoms with van der Waals surface area (Å²) in [5.74, 6) is 5.68. The topological polar surface area (TPSA) is 306 Å². The van der Waals surface area contributed by atoms with Crippen LogP contribution in [0.2, 0.25) is 0 Å². The summed E-state index contributed by atoms with van der Waals surface area (Å²) >= 11 is 0. The number of anilines is 6. The quantitative estimate of drug-likeness (QED) is 0.0299. The number of H-pyrrole nitrogens is 2. The maximum Gasteiger partial charge on any atom is 0.410 e. The Hall–Kier alpha value is -12.1. The van der Waals surface area contributed by atoms with Crippen LogP contribution in [-0.4, -0.2) is 220 Å². The summed E-state index contributed by atoms with van der Waals surface area (Å²) < 4.78 is 38.6. The molecule has 11 heterocycles. The molecular weight excluding hydrogens is 1870 g/mol. The second-order valence-corrected chi connectivity index (χ2v) is 47.3. The Labute approximate surface area is 888 Å². The summed E-state index contributed by atoms with van der Waals surface area (Å²) in [4.78, 5) is 99.8. The average molecular weight is 2040 g/mol. The number of ether oxygens (including phenoxy) is 7. The molecule has 149 heavy (non-hydrogen) atoms. The lowest BCUT2D eigenvalue weighted by Crippen LogP contribution is -2.44. The van der Waals surface area contributed by atoms with Gasteiger partial charge in [0.1, 0.15) is 41.0 Å². The van der Waals surface area contributed by atoms with E-state index in [1.165, 1.54) is 40.8 Å². The van der Waals surface area contributed by atoms with Crippen molar-refractivity contribution < 1.29 is 47.5 Å². The highest BCUT2D eigenvalue weighted by molar-refractivity contribution is 5.74. The molecule has 0 saturated carbocycles. The van der Waals surface area contributed by atoms with E-state index in [0.717, 1.165) is 164 Å². The number of nitrogens with zero attached hydrogens (tertiary/aromatic N) is 11. The van der Waals surface area contributed by atoms with Crippen LogP contribution in [0.4, 0.5) is 44.9 Å². The van der Waals surface area contributed by atoms with Gasteiger partial charge in [-0.25, -0.2) is 9.59 Å². The van der Waals surface area contributed by atoms with E-state index in [0.29, 0.717) is 107 Å². The number of hydrogen-bond donors (Lipinski definition) is 5. The minimum atomic E-state index is -0.443. The Bertz CT molecular complexity index is 5610. The number of rotatable bonds is 27. The number of alkyl carbamates (subject to hydrolysis) is 1. The van der Waals surface area contributed by atoms with Crippen LogP contribution < -0.4 is 66.4 Å². The fraction of sp³-hybridized carbons (Fsp3) is 0.545. The van der Waals surface area contributed by atoms with Crippen LogP contribution in [0.5, 0.6) is 11.6 Å². The molecule has 0 spiro atoms. The molecule has 0 aliphatic carbocycles. The van der Waals surface area contributed by atoms with Gasteiger partial charge in [-0.15, -0.1) is 13.2 Å². The van der Waals surface area contributed by atoms with Crippen LogP contribution in [0.15, 0.2) is 229 Å². The molecule has 8 saturated heterocycles. The van der Waals surface area contributed by atoms with E-state index in [1.54, 1.807) is 25.3 Å². The van der Waals surface area contributed by atoms with E-state index in [-0.39, 0.29) is 67.7 Å². The molecular formula is C121H174N16O12. The standard InChI is InChI=1S/C29H36N4O3.2C21H28N4O2.C18H27NO2.C13H19N.C12H23NO2.C7H13NO/c1-29(2)13-14-33(25(29)19-22-7-5-4-6-8-22)28-30-26(32-15-17-35-18-16-32)20-27(31-28)36-21-23-9-11-24(34-3)12-10-23;2*1-21(2)8-9-25(17(21)14-16-6-4-3-5-7-16)20-22-18(15-19(26)23-20)24-10-12-27-13-11-24;1-17(2,3)21-16(20)19-12-11-18(4,5)15(19)13-14-9-7-6-8-10-14;1-13(2)8-9-14-12(13)10-11-6-4-3-5-7-11;1-7-12(5,6)8-9-13-10(14)15-11(2,3)4;1-4-7(2,3)5-6(8)9/h4-12,20,25H,13-19,21H2,1-3H3;2*3-7,15,17H,8-14H2,1-2H3,(H,22,23,26);6-10,15H,11-13H2,1-5H3;3-7,12,14H,8-10H2,1-2H3;7H,1,8-9H2,2-6H3,(H,13,14);4H,1,5H2,2-3H3,(H2,8,9)/t;2*17-;;;;/m.10..../s1.